The van der Waals surface area contributed by atoms with Gasteiger partial charge in [0.2, 0.25) is 0 Å². The van der Waals surface area contributed by atoms with Gasteiger partial charge in [-0.05, 0) is 37.6 Å². The zero-order chi connectivity index (χ0) is 11.4. The first-order valence-electron chi connectivity index (χ1n) is 4.92. The first-order chi connectivity index (χ1) is 7.10. The first kappa shape index (κ1) is 11.5. The van der Waals surface area contributed by atoms with Gasteiger partial charge in [0, 0.05) is 17.9 Å². The third-order valence-electron chi connectivity index (χ3n) is 2.36. The van der Waals surface area contributed by atoms with Gasteiger partial charge < -0.3 is 15.7 Å². The van der Waals surface area contributed by atoms with Crippen LogP contribution in [0.1, 0.15) is 12.5 Å². The lowest BCUT2D eigenvalue weighted by atomic mass is 10.1. The van der Waals surface area contributed by atoms with Crippen molar-refractivity contribution in [2.75, 3.05) is 23.8 Å². The number of aliphatic hydroxyl groups is 1. The van der Waals surface area contributed by atoms with Crippen molar-refractivity contribution in [2.24, 2.45) is 0 Å². The molecule has 0 heterocycles. The summed E-state index contributed by atoms with van der Waals surface area (Å²) in [5.41, 5.74) is 8.33. The van der Waals surface area contributed by atoms with Crippen molar-refractivity contribution in [3.63, 3.8) is 0 Å². The third-order valence-corrected chi connectivity index (χ3v) is 2.36. The molecule has 4 nitrogen and oxygen atoms in total. The van der Waals surface area contributed by atoms with Gasteiger partial charge in [0.1, 0.15) is 12.4 Å². The number of nitrogens with two attached hydrogens (primary N) is 1. The Kier molecular flexibility index (Phi) is 3.68. The summed E-state index contributed by atoms with van der Waals surface area (Å²) < 4.78 is 0. The van der Waals surface area contributed by atoms with Crippen molar-refractivity contribution in [3.05, 3.63) is 23.8 Å². The van der Waals surface area contributed by atoms with Crippen molar-refractivity contribution >= 4 is 17.2 Å². The maximum absolute atomic E-state index is 8.93. The number of likely N-dealkylation sites (N-methyl/N-ethyl adjacent to an activating group) is 1. The first-order valence-corrected chi connectivity index (χ1v) is 4.92. The second-order valence-corrected chi connectivity index (χ2v) is 3.39. The molecule has 0 fully saturated rings. The molecule has 1 rings (SSSR count). The van der Waals surface area contributed by atoms with E-state index in [1.54, 1.807) is 4.90 Å². The van der Waals surface area contributed by atoms with E-state index in [0.717, 1.165) is 16.9 Å². The summed E-state index contributed by atoms with van der Waals surface area (Å²) in [6.07, 6.45) is 0. The zero-order valence-corrected chi connectivity index (χ0v) is 9.12. The molecule has 0 saturated carbocycles. The van der Waals surface area contributed by atoms with Gasteiger partial charge in [-0.2, -0.15) is 0 Å². The van der Waals surface area contributed by atoms with Crippen LogP contribution in [0, 0.1) is 12.3 Å². The predicted molar refractivity (Wildman–Crippen MR) is 63.4 cm³/mol. The molecule has 0 radical (unpaired) electrons. The Morgan fingerprint density at radius 1 is 1.53 bits per heavy atom. The monoisotopic (exact) mass is 207 g/mol. The standard InChI is InChI=1S/C11H17N3O/c1-3-14(11(13)7-15)9-4-5-10(12)8(2)6-9/h4-6,13,15H,3,7,12H2,1-2H3. The maximum Gasteiger partial charge on any atom is 0.127 e. The van der Waals surface area contributed by atoms with Crippen molar-refractivity contribution in [3.8, 4) is 0 Å². The van der Waals surface area contributed by atoms with E-state index in [4.69, 9.17) is 16.2 Å². The van der Waals surface area contributed by atoms with Gasteiger partial charge in [0.05, 0.1) is 0 Å². The molecule has 0 aliphatic rings. The van der Waals surface area contributed by atoms with Gasteiger partial charge >= 0.3 is 0 Å². The Bertz CT molecular complexity index is 363. The normalized spacial score (nSPS) is 10.1. The van der Waals surface area contributed by atoms with Crippen molar-refractivity contribution < 1.29 is 5.11 Å². The van der Waals surface area contributed by atoms with Gasteiger partial charge in [-0.1, -0.05) is 0 Å². The van der Waals surface area contributed by atoms with Crippen LogP contribution in [-0.4, -0.2) is 24.1 Å². The molecule has 0 saturated heterocycles. The summed E-state index contributed by atoms with van der Waals surface area (Å²) in [6.45, 7) is 4.27. The summed E-state index contributed by atoms with van der Waals surface area (Å²) in [5, 5.41) is 16.5. The minimum Gasteiger partial charge on any atom is -0.399 e. The van der Waals surface area contributed by atoms with Crippen LogP contribution in [0.25, 0.3) is 0 Å². The average molecular weight is 207 g/mol. The van der Waals surface area contributed by atoms with Crippen molar-refractivity contribution in [1.29, 1.82) is 5.41 Å². The number of nitrogens with zero attached hydrogens (tertiary/aromatic N) is 1. The summed E-state index contributed by atoms with van der Waals surface area (Å²) in [5.74, 6) is 0.196. The highest BCUT2D eigenvalue weighted by Crippen LogP contribution is 2.20. The number of nitrogens with one attached hydrogen (secondary N) is 1. The molecular weight excluding hydrogens is 190 g/mol. The van der Waals surface area contributed by atoms with E-state index in [9.17, 15) is 0 Å². The maximum atomic E-state index is 8.93. The summed E-state index contributed by atoms with van der Waals surface area (Å²) in [7, 11) is 0. The summed E-state index contributed by atoms with van der Waals surface area (Å²) in [6, 6.07) is 5.59. The molecule has 0 spiro atoms. The van der Waals surface area contributed by atoms with Gasteiger partial charge in [0.25, 0.3) is 0 Å². The Hall–Kier alpha value is -1.55. The number of benzene rings is 1. The number of aliphatic hydroxyl groups excluding tert-OH is 1. The molecule has 0 aliphatic heterocycles. The molecule has 0 aromatic heterocycles. The van der Waals surface area contributed by atoms with Gasteiger partial charge in [-0.3, -0.25) is 5.41 Å². The van der Waals surface area contributed by atoms with Crippen LogP contribution in [0.3, 0.4) is 0 Å². The number of hydrogen-bond donors (Lipinski definition) is 3. The number of anilines is 2. The average Bonchev–Trinajstić information content (AvgIpc) is 2.24. The second kappa shape index (κ2) is 4.79. The highest BCUT2D eigenvalue weighted by Gasteiger charge is 2.09. The smallest absolute Gasteiger partial charge is 0.127 e. The fraction of sp³-hybridized carbons (Fsp3) is 0.364. The highest BCUT2D eigenvalue weighted by atomic mass is 16.3. The fourth-order valence-electron chi connectivity index (χ4n) is 1.44. The number of rotatable bonds is 3. The van der Waals surface area contributed by atoms with Crippen LogP contribution >= 0.6 is 0 Å². The molecule has 0 atom stereocenters. The van der Waals surface area contributed by atoms with Gasteiger partial charge in [-0.25, -0.2) is 0 Å². The molecule has 4 heteroatoms. The Morgan fingerprint density at radius 2 is 2.20 bits per heavy atom. The van der Waals surface area contributed by atoms with E-state index < -0.39 is 0 Å². The molecule has 82 valence electrons. The SMILES string of the molecule is CCN(C(=N)CO)c1ccc(N)c(C)c1. The largest absolute Gasteiger partial charge is 0.399 e. The van der Waals surface area contributed by atoms with Gasteiger partial charge in [0.15, 0.2) is 0 Å². The fourth-order valence-corrected chi connectivity index (χ4v) is 1.44. The van der Waals surface area contributed by atoms with Crippen LogP contribution in [0.15, 0.2) is 18.2 Å². The Morgan fingerprint density at radius 3 is 2.67 bits per heavy atom. The quantitative estimate of drug-likeness (QED) is 0.398. The topological polar surface area (TPSA) is 73.3 Å². The number of amidine groups is 1. The summed E-state index contributed by atoms with van der Waals surface area (Å²) in [4.78, 5) is 1.74. The molecule has 0 bridgehead atoms. The van der Waals surface area contributed by atoms with E-state index in [1.807, 2.05) is 32.0 Å². The van der Waals surface area contributed by atoms with Crippen molar-refractivity contribution in [1.82, 2.24) is 0 Å². The Balaban J connectivity index is 3.02. The van der Waals surface area contributed by atoms with Gasteiger partial charge in [-0.15, -0.1) is 0 Å². The van der Waals surface area contributed by atoms with E-state index in [1.165, 1.54) is 0 Å². The zero-order valence-electron chi connectivity index (χ0n) is 9.12. The van der Waals surface area contributed by atoms with Crippen LogP contribution in [0.5, 0.6) is 0 Å². The molecule has 1 aromatic carbocycles. The minimum atomic E-state index is -0.253. The van der Waals surface area contributed by atoms with E-state index in [-0.39, 0.29) is 12.4 Å². The predicted octanol–water partition coefficient (Wildman–Crippen LogP) is 1.37. The lowest BCUT2D eigenvalue weighted by Gasteiger charge is -2.23. The molecule has 0 amide bonds. The second-order valence-electron chi connectivity index (χ2n) is 3.39. The van der Waals surface area contributed by atoms with Crippen molar-refractivity contribution in [2.45, 2.75) is 13.8 Å². The number of hydrogen-bond acceptors (Lipinski definition) is 3. The molecule has 1 aromatic rings. The van der Waals surface area contributed by atoms with E-state index in [0.29, 0.717) is 6.54 Å². The van der Waals surface area contributed by atoms with Crippen LogP contribution in [0.2, 0.25) is 0 Å². The minimum absolute atomic E-state index is 0.196. The third kappa shape index (κ3) is 2.47. The molecule has 0 aliphatic carbocycles. The Labute approximate surface area is 89.8 Å². The van der Waals surface area contributed by atoms with Crippen LogP contribution < -0.4 is 10.6 Å². The molecular formula is C11H17N3O. The molecule has 15 heavy (non-hydrogen) atoms. The molecule has 4 N–H and O–H groups in total. The van der Waals surface area contributed by atoms with E-state index >= 15 is 0 Å². The van der Waals surface area contributed by atoms with Crippen LogP contribution in [0.4, 0.5) is 11.4 Å². The lowest BCUT2D eigenvalue weighted by molar-refractivity contribution is 0.354. The van der Waals surface area contributed by atoms with E-state index in [2.05, 4.69) is 0 Å². The number of nitrogen functional groups attached to an aromatic ring is 1. The summed E-state index contributed by atoms with van der Waals surface area (Å²) >= 11 is 0. The molecule has 0 unspecified atom stereocenters. The lowest BCUT2D eigenvalue weighted by Crippen LogP contribution is -2.32. The van der Waals surface area contributed by atoms with Crippen LogP contribution in [-0.2, 0) is 0 Å². The number of aryl methyl sites for hydroxylation is 1. The highest BCUT2D eigenvalue weighted by molar-refractivity contribution is 5.96.